The van der Waals surface area contributed by atoms with Crippen LogP contribution in [0.15, 0.2) is 46.7 Å². The average Bonchev–Trinajstić information content (AvgIpc) is 3.37. The lowest BCUT2D eigenvalue weighted by Gasteiger charge is -2.26. The zero-order chi connectivity index (χ0) is 20.1. The number of nitrogens with zero attached hydrogens (tertiary/aromatic N) is 5. The van der Waals surface area contributed by atoms with Crippen molar-refractivity contribution in [2.45, 2.75) is 0 Å². The van der Waals surface area contributed by atoms with Crippen LogP contribution in [-0.4, -0.2) is 45.2 Å². The number of nitrogens with one attached hydrogen (secondary N) is 1. The number of fused-ring (bicyclic) bond motifs is 2. The number of amides is 1. The number of ether oxygens (including phenoxy) is 1. The molecule has 1 unspecified atom stereocenters. The van der Waals surface area contributed by atoms with Gasteiger partial charge < -0.3 is 9.64 Å². The van der Waals surface area contributed by atoms with Gasteiger partial charge in [-0.05, 0) is 29.8 Å². The Morgan fingerprint density at radius 1 is 1.17 bits per heavy atom. The summed E-state index contributed by atoms with van der Waals surface area (Å²) in [5.41, 5.74) is 2.38. The maximum atomic E-state index is 14.2. The predicted molar refractivity (Wildman–Crippen MR) is 100 cm³/mol. The molecule has 10 heteroatoms. The van der Waals surface area contributed by atoms with Crippen LogP contribution in [0.1, 0.15) is 5.56 Å². The van der Waals surface area contributed by atoms with E-state index in [1.54, 1.807) is 31.6 Å². The molecular formula is C19H12F2N6O2. The lowest BCUT2D eigenvalue weighted by molar-refractivity contribution is -0.121. The van der Waals surface area contributed by atoms with Crippen molar-refractivity contribution in [2.24, 2.45) is 16.1 Å². The number of benzene rings is 2. The summed E-state index contributed by atoms with van der Waals surface area (Å²) in [6.45, 7) is 0. The summed E-state index contributed by atoms with van der Waals surface area (Å²) in [4.78, 5) is 13.7. The van der Waals surface area contributed by atoms with Crippen LogP contribution in [-0.2, 0) is 4.79 Å². The minimum atomic E-state index is -0.856. The molecule has 2 aliphatic heterocycles. The molecule has 2 aliphatic rings. The summed E-state index contributed by atoms with van der Waals surface area (Å²) in [7, 11) is 1.61. The summed E-state index contributed by atoms with van der Waals surface area (Å²) in [6.07, 6.45) is 3.21. The van der Waals surface area contributed by atoms with Crippen LogP contribution >= 0.6 is 0 Å². The second-order valence-corrected chi connectivity index (χ2v) is 6.54. The van der Waals surface area contributed by atoms with Crippen LogP contribution in [0.4, 0.5) is 8.78 Å². The lowest BCUT2D eigenvalue weighted by atomic mass is 9.87. The van der Waals surface area contributed by atoms with Crippen molar-refractivity contribution in [1.29, 1.82) is 0 Å². The molecule has 1 aromatic heterocycles. The number of aromatic amines is 1. The number of carbonyl (C=O) groups excluding carboxylic acids is 1. The van der Waals surface area contributed by atoms with E-state index in [0.29, 0.717) is 22.2 Å². The highest BCUT2D eigenvalue weighted by atomic mass is 19.1. The topological polar surface area (TPSA) is 95.8 Å². The Balaban J connectivity index is 1.70. The first-order chi connectivity index (χ1) is 14.0. The van der Waals surface area contributed by atoms with Gasteiger partial charge in [-0.25, -0.2) is 8.78 Å². The molecule has 0 fully saturated rings. The molecular weight excluding hydrogens is 382 g/mol. The number of hydrogen-bond acceptors (Lipinski definition) is 6. The Labute approximate surface area is 162 Å². The van der Waals surface area contributed by atoms with Crippen molar-refractivity contribution in [3.8, 4) is 11.5 Å². The SMILES string of the molecule is CN1C=C(c2ccc3n[nH]nc3c2Oc2ccc(F)cc2F)C2C=NN=C2C1=O. The van der Waals surface area contributed by atoms with Crippen molar-refractivity contribution >= 4 is 34.4 Å². The first kappa shape index (κ1) is 17.2. The van der Waals surface area contributed by atoms with Gasteiger partial charge in [-0.1, -0.05) is 0 Å². The number of rotatable bonds is 3. The van der Waals surface area contributed by atoms with Gasteiger partial charge in [-0.15, -0.1) is 5.10 Å². The number of hydrogen-bond donors (Lipinski definition) is 1. The Hall–Kier alpha value is -3.95. The van der Waals surface area contributed by atoms with Gasteiger partial charge in [-0.3, -0.25) is 4.79 Å². The van der Waals surface area contributed by atoms with Gasteiger partial charge in [0.05, 0.1) is 5.92 Å². The number of H-pyrrole nitrogens is 1. The molecule has 0 bridgehead atoms. The van der Waals surface area contributed by atoms with E-state index in [1.807, 2.05) is 0 Å². The molecule has 144 valence electrons. The van der Waals surface area contributed by atoms with Crippen molar-refractivity contribution in [3.05, 3.63) is 53.7 Å². The highest BCUT2D eigenvalue weighted by molar-refractivity contribution is 6.46. The van der Waals surface area contributed by atoms with Gasteiger partial charge in [0.1, 0.15) is 17.0 Å². The Kier molecular flexibility index (Phi) is 3.73. The van der Waals surface area contributed by atoms with E-state index < -0.39 is 17.6 Å². The summed E-state index contributed by atoms with van der Waals surface area (Å²) in [5.74, 6) is -2.25. The summed E-state index contributed by atoms with van der Waals surface area (Å²) in [5, 5.41) is 18.5. The molecule has 0 spiro atoms. The fourth-order valence-corrected chi connectivity index (χ4v) is 3.35. The van der Waals surface area contributed by atoms with Crippen LogP contribution < -0.4 is 4.74 Å². The van der Waals surface area contributed by atoms with Gasteiger partial charge in [-0.2, -0.15) is 20.5 Å². The fourth-order valence-electron chi connectivity index (χ4n) is 3.35. The molecule has 3 heterocycles. The molecule has 3 aromatic rings. The van der Waals surface area contributed by atoms with Crippen LogP contribution in [0.5, 0.6) is 11.5 Å². The third kappa shape index (κ3) is 2.68. The molecule has 0 saturated heterocycles. The first-order valence-corrected chi connectivity index (χ1v) is 8.59. The van der Waals surface area contributed by atoms with Gasteiger partial charge >= 0.3 is 0 Å². The zero-order valence-corrected chi connectivity index (χ0v) is 14.9. The van der Waals surface area contributed by atoms with Crippen molar-refractivity contribution < 1.29 is 18.3 Å². The highest BCUT2D eigenvalue weighted by Gasteiger charge is 2.36. The van der Waals surface area contributed by atoms with E-state index in [-0.39, 0.29) is 23.1 Å². The van der Waals surface area contributed by atoms with Crippen molar-refractivity contribution in [3.63, 3.8) is 0 Å². The molecule has 0 aliphatic carbocycles. The largest absolute Gasteiger partial charge is 0.451 e. The molecule has 1 atom stereocenters. The third-order valence-corrected chi connectivity index (χ3v) is 4.74. The Morgan fingerprint density at radius 2 is 2.03 bits per heavy atom. The van der Waals surface area contributed by atoms with Crippen molar-refractivity contribution in [1.82, 2.24) is 20.3 Å². The smallest absolute Gasteiger partial charge is 0.274 e. The first-order valence-electron chi connectivity index (χ1n) is 8.59. The monoisotopic (exact) mass is 394 g/mol. The minimum absolute atomic E-state index is 0.169. The van der Waals surface area contributed by atoms with Crippen LogP contribution in [0.25, 0.3) is 16.6 Å². The minimum Gasteiger partial charge on any atom is -0.451 e. The average molecular weight is 394 g/mol. The van der Waals surface area contributed by atoms with Gasteiger partial charge in [0.2, 0.25) is 0 Å². The number of aromatic nitrogens is 3. The van der Waals surface area contributed by atoms with Gasteiger partial charge in [0.15, 0.2) is 22.8 Å². The molecule has 1 amide bonds. The summed E-state index contributed by atoms with van der Waals surface area (Å²) >= 11 is 0. The van der Waals surface area contributed by atoms with E-state index in [0.717, 1.165) is 12.1 Å². The fraction of sp³-hybridized carbons (Fsp3) is 0.105. The molecule has 5 rings (SSSR count). The standard InChI is InChI=1S/C19H12F2N6O2/c1-27-8-12(11-7-22-24-16(11)19(27)28)10-3-4-14-17(25-26-23-14)18(10)29-15-5-2-9(20)6-13(15)21/h2-8,11H,1H3,(H,23,25,26). The molecule has 8 nitrogen and oxygen atoms in total. The number of allylic oxidation sites excluding steroid dienone is 1. The normalized spacial score (nSPS) is 18.1. The lowest BCUT2D eigenvalue weighted by Crippen LogP contribution is -2.38. The quantitative estimate of drug-likeness (QED) is 0.739. The van der Waals surface area contributed by atoms with E-state index in [2.05, 4.69) is 25.6 Å². The van der Waals surface area contributed by atoms with Crippen LogP contribution in [0.2, 0.25) is 0 Å². The number of halogens is 2. The van der Waals surface area contributed by atoms with Crippen LogP contribution in [0, 0.1) is 17.6 Å². The molecule has 2 aromatic carbocycles. The van der Waals surface area contributed by atoms with Crippen LogP contribution in [0.3, 0.4) is 0 Å². The van der Waals surface area contributed by atoms with E-state index in [1.165, 1.54) is 11.0 Å². The molecule has 0 radical (unpaired) electrons. The molecule has 0 saturated carbocycles. The second-order valence-electron chi connectivity index (χ2n) is 6.54. The van der Waals surface area contributed by atoms with E-state index >= 15 is 0 Å². The van der Waals surface area contributed by atoms with E-state index in [9.17, 15) is 13.6 Å². The van der Waals surface area contributed by atoms with Gasteiger partial charge in [0, 0.05) is 31.1 Å². The molecule has 29 heavy (non-hydrogen) atoms. The zero-order valence-electron chi connectivity index (χ0n) is 14.9. The Bertz CT molecular complexity index is 1260. The summed E-state index contributed by atoms with van der Waals surface area (Å²) in [6, 6.07) is 6.49. The van der Waals surface area contributed by atoms with Gasteiger partial charge in [0.25, 0.3) is 5.91 Å². The maximum absolute atomic E-state index is 14.2. The third-order valence-electron chi connectivity index (χ3n) is 4.74. The van der Waals surface area contributed by atoms with Crippen molar-refractivity contribution in [2.75, 3.05) is 7.05 Å². The predicted octanol–water partition coefficient (Wildman–Crippen LogP) is 2.90. The van der Waals surface area contributed by atoms with E-state index in [4.69, 9.17) is 4.74 Å². The Morgan fingerprint density at radius 3 is 2.86 bits per heavy atom. The second kappa shape index (κ2) is 6.30. The molecule has 1 N–H and O–H groups in total. The highest BCUT2D eigenvalue weighted by Crippen LogP contribution is 2.41. The maximum Gasteiger partial charge on any atom is 0.274 e. The summed E-state index contributed by atoms with van der Waals surface area (Å²) < 4.78 is 33.4. The number of carbonyl (C=O) groups is 1.